The zero-order valence-electron chi connectivity index (χ0n) is 10.1. The van der Waals surface area contributed by atoms with Crippen LogP contribution in [-0.4, -0.2) is 9.96 Å². The third kappa shape index (κ3) is 3.76. The molecule has 2 aromatic carbocycles. The summed E-state index contributed by atoms with van der Waals surface area (Å²) < 4.78 is 13.2. The van der Waals surface area contributed by atoms with Crippen molar-refractivity contribution < 1.29 is 4.21 Å². The molecule has 0 N–H and O–H groups in total. The fourth-order valence-corrected chi connectivity index (χ4v) is 3.19. The minimum atomic E-state index is -1.17. The maximum Gasteiger partial charge on any atom is 0.0831 e. The maximum atomic E-state index is 12.2. The Kier molecular flexibility index (Phi) is 4.89. The predicted octanol–water partition coefficient (Wildman–Crippen LogP) is 3.86. The van der Waals surface area contributed by atoms with Gasteiger partial charge < -0.3 is 0 Å². The molecular weight excluding hydrogens is 322 g/mol. The summed E-state index contributed by atoms with van der Waals surface area (Å²) in [5, 5.41) is 9.23. The van der Waals surface area contributed by atoms with Gasteiger partial charge in [-0.05, 0) is 29.8 Å². The molecule has 0 amide bonds. The number of nitriles is 1. The highest BCUT2D eigenvalue weighted by molar-refractivity contribution is 9.10. The van der Waals surface area contributed by atoms with Crippen LogP contribution in [0.3, 0.4) is 0 Å². The molecule has 2 atom stereocenters. The van der Waals surface area contributed by atoms with Gasteiger partial charge in [-0.25, -0.2) is 0 Å². The summed E-state index contributed by atoms with van der Waals surface area (Å²) >= 11 is 3.34. The van der Waals surface area contributed by atoms with E-state index in [9.17, 15) is 9.47 Å². The monoisotopic (exact) mass is 333 g/mol. The largest absolute Gasteiger partial charge is 0.254 e. The Hall–Kier alpha value is -1.44. The first-order valence-electron chi connectivity index (χ1n) is 5.79. The second kappa shape index (κ2) is 6.65. The lowest BCUT2D eigenvalue weighted by atomic mass is 10.0. The van der Waals surface area contributed by atoms with Crippen LogP contribution < -0.4 is 0 Å². The topological polar surface area (TPSA) is 40.9 Å². The molecule has 4 heteroatoms. The van der Waals surface area contributed by atoms with Crippen molar-refractivity contribution in [3.05, 3.63) is 64.6 Å². The van der Waals surface area contributed by atoms with Gasteiger partial charge in [0.05, 0.1) is 22.8 Å². The molecule has 0 aliphatic heterocycles. The van der Waals surface area contributed by atoms with Crippen molar-refractivity contribution in [1.82, 2.24) is 0 Å². The Bertz CT molecular complexity index is 604. The van der Waals surface area contributed by atoms with E-state index < -0.39 is 10.8 Å². The molecule has 2 unspecified atom stereocenters. The van der Waals surface area contributed by atoms with Gasteiger partial charge in [-0.15, -0.1) is 0 Å². The highest BCUT2D eigenvalue weighted by Gasteiger charge is 2.15. The Morgan fingerprint density at radius 1 is 1.11 bits per heavy atom. The highest BCUT2D eigenvalue weighted by atomic mass is 79.9. The van der Waals surface area contributed by atoms with Gasteiger partial charge in [-0.1, -0.05) is 46.3 Å². The Morgan fingerprint density at radius 2 is 1.74 bits per heavy atom. The van der Waals surface area contributed by atoms with Crippen LogP contribution in [0.4, 0.5) is 0 Å². The molecular formula is C15H12BrNOS. The summed E-state index contributed by atoms with van der Waals surface area (Å²) in [6.45, 7) is 0. The lowest BCUT2D eigenvalue weighted by molar-refractivity contribution is 0.680. The van der Waals surface area contributed by atoms with Crippen molar-refractivity contribution in [3.63, 3.8) is 0 Å². The first kappa shape index (κ1) is 14.0. The lowest BCUT2D eigenvalue weighted by Crippen LogP contribution is -2.08. The van der Waals surface area contributed by atoms with E-state index in [0.717, 1.165) is 14.9 Å². The molecule has 0 radical (unpaired) electrons. The fourth-order valence-electron chi connectivity index (χ4n) is 1.73. The Morgan fingerprint density at radius 3 is 2.32 bits per heavy atom. The zero-order valence-corrected chi connectivity index (χ0v) is 12.5. The molecule has 0 saturated heterocycles. The first-order valence-corrected chi connectivity index (χ1v) is 7.90. The molecule has 2 nitrogen and oxygen atoms in total. The average Bonchev–Trinajstić information content (AvgIpc) is 2.46. The smallest absolute Gasteiger partial charge is 0.0831 e. The lowest BCUT2D eigenvalue weighted by Gasteiger charge is -2.09. The van der Waals surface area contributed by atoms with E-state index in [0.29, 0.717) is 5.75 Å². The van der Waals surface area contributed by atoms with E-state index in [1.54, 1.807) is 0 Å². The van der Waals surface area contributed by atoms with Crippen molar-refractivity contribution in [3.8, 4) is 6.07 Å². The molecule has 0 spiro atoms. The molecule has 0 saturated carbocycles. The standard InChI is InChI=1S/C15H12BrNOS/c16-14-6-8-15(9-7-14)19(18)11-13(10-17)12-4-2-1-3-5-12/h1-9,13H,11H2. The van der Waals surface area contributed by atoms with Crippen molar-refractivity contribution in [2.45, 2.75) is 10.8 Å². The highest BCUT2D eigenvalue weighted by Crippen LogP contribution is 2.20. The number of hydrogen-bond acceptors (Lipinski definition) is 2. The third-order valence-electron chi connectivity index (χ3n) is 2.75. The van der Waals surface area contributed by atoms with Crippen LogP contribution in [0.1, 0.15) is 11.5 Å². The molecule has 2 rings (SSSR count). The van der Waals surface area contributed by atoms with Crippen molar-refractivity contribution in [1.29, 1.82) is 5.26 Å². The van der Waals surface area contributed by atoms with Crippen LogP contribution in [0.5, 0.6) is 0 Å². The SMILES string of the molecule is N#CC(CS(=O)c1ccc(Br)cc1)c1ccccc1. The molecule has 0 aromatic heterocycles. The second-order valence-corrected chi connectivity index (χ2v) is 6.47. The number of hydrogen-bond donors (Lipinski definition) is 0. The van der Waals surface area contributed by atoms with Gasteiger partial charge in [0.1, 0.15) is 0 Å². The molecule has 0 heterocycles. The van der Waals surface area contributed by atoms with Crippen LogP contribution >= 0.6 is 15.9 Å². The molecule has 0 fully saturated rings. The number of nitrogens with zero attached hydrogens (tertiary/aromatic N) is 1. The third-order valence-corrected chi connectivity index (χ3v) is 4.72. The predicted molar refractivity (Wildman–Crippen MR) is 80.2 cm³/mol. The molecule has 19 heavy (non-hydrogen) atoms. The van der Waals surface area contributed by atoms with E-state index in [1.165, 1.54) is 0 Å². The normalized spacial score (nSPS) is 13.5. The van der Waals surface area contributed by atoms with E-state index in [4.69, 9.17) is 0 Å². The van der Waals surface area contributed by atoms with Gasteiger partial charge in [-0.3, -0.25) is 4.21 Å². The van der Waals surface area contributed by atoms with Gasteiger partial charge in [0.2, 0.25) is 0 Å². The van der Waals surface area contributed by atoms with Crippen molar-refractivity contribution in [2.24, 2.45) is 0 Å². The Labute approximate surface area is 123 Å². The van der Waals surface area contributed by atoms with Gasteiger partial charge in [0.15, 0.2) is 0 Å². The van der Waals surface area contributed by atoms with Gasteiger partial charge in [0, 0.05) is 15.1 Å². The molecule has 0 bridgehead atoms. The van der Waals surface area contributed by atoms with Crippen LogP contribution in [-0.2, 0) is 10.8 Å². The van der Waals surface area contributed by atoms with Crippen LogP contribution in [0.2, 0.25) is 0 Å². The van der Waals surface area contributed by atoms with E-state index in [-0.39, 0.29) is 5.92 Å². The van der Waals surface area contributed by atoms with E-state index in [2.05, 4.69) is 22.0 Å². The second-order valence-electron chi connectivity index (χ2n) is 4.06. The molecule has 2 aromatic rings. The molecule has 0 aliphatic carbocycles. The summed E-state index contributed by atoms with van der Waals surface area (Å²) in [5.41, 5.74) is 0.912. The first-order chi connectivity index (χ1) is 9.20. The minimum absolute atomic E-state index is 0.322. The number of benzene rings is 2. The summed E-state index contributed by atoms with van der Waals surface area (Å²) in [4.78, 5) is 0.749. The van der Waals surface area contributed by atoms with Crippen LogP contribution in [0.15, 0.2) is 64.0 Å². The van der Waals surface area contributed by atoms with Gasteiger partial charge in [0.25, 0.3) is 0 Å². The molecule has 96 valence electrons. The summed E-state index contributed by atoms with van der Waals surface area (Å²) in [6, 6.07) is 19.1. The van der Waals surface area contributed by atoms with Gasteiger partial charge in [-0.2, -0.15) is 5.26 Å². The minimum Gasteiger partial charge on any atom is -0.254 e. The van der Waals surface area contributed by atoms with E-state index >= 15 is 0 Å². The quantitative estimate of drug-likeness (QED) is 0.852. The van der Waals surface area contributed by atoms with Gasteiger partial charge >= 0.3 is 0 Å². The van der Waals surface area contributed by atoms with Crippen molar-refractivity contribution in [2.75, 3.05) is 5.75 Å². The Balaban J connectivity index is 2.13. The maximum absolute atomic E-state index is 12.2. The fraction of sp³-hybridized carbons (Fsp3) is 0.133. The molecule has 0 aliphatic rings. The summed E-state index contributed by atoms with van der Waals surface area (Å²) in [7, 11) is -1.17. The average molecular weight is 334 g/mol. The number of halogens is 1. The van der Waals surface area contributed by atoms with Crippen LogP contribution in [0.25, 0.3) is 0 Å². The summed E-state index contributed by atoms with van der Waals surface area (Å²) in [6.07, 6.45) is 0. The summed E-state index contributed by atoms with van der Waals surface area (Å²) in [5.74, 6) is -0.0204. The van der Waals surface area contributed by atoms with Crippen molar-refractivity contribution >= 4 is 26.7 Å². The van der Waals surface area contributed by atoms with Crippen LogP contribution in [0, 0.1) is 11.3 Å². The number of rotatable bonds is 4. The zero-order chi connectivity index (χ0) is 13.7. The van der Waals surface area contributed by atoms with E-state index in [1.807, 2.05) is 54.6 Å².